The van der Waals surface area contributed by atoms with Gasteiger partial charge in [-0.2, -0.15) is 10.4 Å². The van der Waals surface area contributed by atoms with E-state index in [-0.39, 0.29) is 11.4 Å². The Morgan fingerprint density at radius 3 is 2.56 bits per heavy atom. The molecule has 0 atom stereocenters. The van der Waals surface area contributed by atoms with Crippen molar-refractivity contribution in [1.82, 2.24) is 10.4 Å². The van der Waals surface area contributed by atoms with E-state index >= 15 is 0 Å². The summed E-state index contributed by atoms with van der Waals surface area (Å²) >= 11 is 3.42. The van der Waals surface area contributed by atoms with Crippen molar-refractivity contribution in [2.45, 2.75) is 6.92 Å². The third-order valence-corrected chi connectivity index (χ3v) is 6.54. The zero-order chi connectivity index (χ0) is 27.4. The number of aryl methyl sites for hydroxylation is 1. The number of hydrazone groups is 1. The van der Waals surface area contributed by atoms with Crippen molar-refractivity contribution in [2.75, 3.05) is 0 Å². The van der Waals surface area contributed by atoms with Gasteiger partial charge in [-0.05, 0) is 48.9 Å². The number of carbonyl (C=O) groups excluding carboxylic acids is 2. The van der Waals surface area contributed by atoms with E-state index in [1.807, 2.05) is 49.4 Å². The van der Waals surface area contributed by atoms with E-state index in [0.29, 0.717) is 27.8 Å². The molecule has 7 nitrogen and oxygen atoms in total. The molecule has 0 radical (unpaired) electrons. The molecular formula is C31H21BrN4O3. The van der Waals surface area contributed by atoms with Gasteiger partial charge in [0.25, 0.3) is 5.91 Å². The number of nitrogens with zero attached hydrogens (tertiary/aromatic N) is 2. The normalized spacial score (nSPS) is 10.9. The number of aromatic nitrogens is 1. The first kappa shape index (κ1) is 25.6. The second-order valence-corrected chi connectivity index (χ2v) is 9.64. The molecule has 2 N–H and O–H groups in total. The molecule has 5 aromatic rings. The maximum atomic E-state index is 13.3. The summed E-state index contributed by atoms with van der Waals surface area (Å²) in [6.45, 7) is 1.90. The van der Waals surface area contributed by atoms with Crippen molar-refractivity contribution in [1.29, 1.82) is 5.26 Å². The minimum atomic E-state index is -0.501. The number of nitriles is 1. The van der Waals surface area contributed by atoms with Crippen LogP contribution in [0.2, 0.25) is 0 Å². The van der Waals surface area contributed by atoms with Gasteiger partial charge < -0.3 is 9.72 Å². The van der Waals surface area contributed by atoms with Gasteiger partial charge in [-0.3, -0.25) is 4.79 Å². The Balaban J connectivity index is 1.44. The summed E-state index contributed by atoms with van der Waals surface area (Å²) in [6.07, 6.45) is 1.41. The van der Waals surface area contributed by atoms with Crippen molar-refractivity contribution >= 4 is 44.9 Å². The minimum absolute atomic E-state index is 0.274. The highest BCUT2D eigenvalue weighted by molar-refractivity contribution is 9.10. The molecule has 0 bridgehead atoms. The van der Waals surface area contributed by atoms with Gasteiger partial charge in [0.2, 0.25) is 0 Å². The first-order chi connectivity index (χ1) is 18.9. The number of benzene rings is 4. The number of rotatable bonds is 6. The van der Waals surface area contributed by atoms with Crippen LogP contribution < -0.4 is 10.2 Å². The fourth-order valence-electron chi connectivity index (χ4n) is 4.25. The van der Waals surface area contributed by atoms with Crippen LogP contribution in [0.15, 0.2) is 101 Å². The van der Waals surface area contributed by atoms with Crippen LogP contribution in [0.4, 0.5) is 0 Å². The van der Waals surface area contributed by atoms with Gasteiger partial charge in [-0.1, -0.05) is 76.1 Å². The van der Waals surface area contributed by atoms with Crippen molar-refractivity contribution in [2.24, 2.45) is 5.10 Å². The van der Waals surface area contributed by atoms with E-state index in [9.17, 15) is 14.9 Å². The maximum absolute atomic E-state index is 13.3. The van der Waals surface area contributed by atoms with Crippen LogP contribution in [0.25, 0.3) is 22.0 Å². The van der Waals surface area contributed by atoms with Crippen LogP contribution in [-0.4, -0.2) is 23.1 Å². The predicted octanol–water partition coefficient (Wildman–Crippen LogP) is 6.76. The van der Waals surface area contributed by atoms with E-state index in [2.05, 4.69) is 37.5 Å². The van der Waals surface area contributed by atoms with Crippen LogP contribution in [0.5, 0.6) is 5.75 Å². The first-order valence-corrected chi connectivity index (χ1v) is 12.8. The number of para-hydroxylation sites is 1. The Hall–Kier alpha value is -5.00. The molecule has 0 aliphatic heterocycles. The Kier molecular flexibility index (Phi) is 7.34. The largest absolute Gasteiger partial charge is 0.422 e. The van der Waals surface area contributed by atoms with Gasteiger partial charge in [-0.25, -0.2) is 10.2 Å². The van der Waals surface area contributed by atoms with E-state index in [0.717, 1.165) is 21.0 Å². The molecule has 0 spiro atoms. The van der Waals surface area contributed by atoms with Crippen LogP contribution in [0.1, 0.15) is 37.5 Å². The van der Waals surface area contributed by atoms with Gasteiger partial charge in [0, 0.05) is 21.0 Å². The van der Waals surface area contributed by atoms with Gasteiger partial charge in [0.05, 0.1) is 22.9 Å². The Morgan fingerprint density at radius 2 is 1.79 bits per heavy atom. The zero-order valence-corrected chi connectivity index (χ0v) is 22.3. The number of aromatic amines is 1. The lowest BCUT2D eigenvalue weighted by atomic mass is 10.0. The maximum Gasteiger partial charge on any atom is 0.343 e. The smallest absolute Gasteiger partial charge is 0.343 e. The van der Waals surface area contributed by atoms with Gasteiger partial charge in [0.15, 0.2) is 0 Å². The Labute approximate surface area is 232 Å². The summed E-state index contributed by atoms with van der Waals surface area (Å²) in [5.41, 5.74) is 7.19. The molecule has 1 heterocycles. The van der Waals surface area contributed by atoms with Crippen LogP contribution in [0.3, 0.4) is 0 Å². The highest BCUT2D eigenvalue weighted by Gasteiger charge is 2.20. The molecule has 5 rings (SSSR count). The fourth-order valence-corrected chi connectivity index (χ4v) is 4.62. The highest BCUT2D eigenvalue weighted by atomic mass is 79.9. The standard InChI is InChI=1S/C31H21BrN4O3/c1-19-7-5-10-21(15-19)31(38)39-26-14-13-24(32)16-23(26)18-34-36-30(37)29-27(20-8-3-2-4-9-20)25-12-6-11-22(17-33)28(25)35-29/h2-16,18,35H,1H3,(H,36,37). The van der Waals surface area contributed by atoms with Crippen molar-refractivity contribution in [3.8, 4) is 22.9 Å². The van der Waals surface area contributed by atoms with E-state index in [4.69, 9.17) is 4.74 Å². The summed E-state index contributed by atoms with van der Waals surface area (Å²) in [5.74, 6) is -0.700. The summed E-state index contributed by atoms with van der Waals surface area (Å²) in [4.78, 5) is 29.1. The predicted molar refractivity (Wildman–Crippen MR) is 154 cm³/mol. The average molecular weight is 577 g/mol. The summed E-state index contributed by atoms with van der Waals surface area (Å²) in [7, 11) is 0. The molecule has 1 amide bonds. The van der Waals surface area contributed by atoms with Crippen LogP contribution in [-0.2, 0) is 0 Å². The van der Waals surface area contributed by atoms with Gasteiger partial charge >= 0.3 is 5.97 Å². The number of carbonyl (C=O) groups is 2. The first-order valence-electron chi connectivity index (χ1n) is 12.0. The van der Waals surface area contributed by atoms with Crippen LogP contribution in [0, 0.1) is 18.3 Å². The molecule has 4 aromatic carbocycles. The lowest BCUT2D eigenvalue weighted by molar-refractivity contribution is 0.0734. The number of nitrogens with one attached hydrogen (secondary N) is 2. The van der Waals surface area contributed by atoms with Gasteiger partial charge in [-0.15, -0.1) is 0 Å². The number of esters is 1. The summed E-state index contributed by atoms with van der Waals surface area (Å²) in [6, 6.07) is 29.2. The van der Waals surface area contributed by atoms with E-state index in [1.54, 1.807) is 48.5 Å². The summed E-state index contributed by atoms with van der Waals surface area (Å²) < 4.78 is 6.37. The molecule has 0 fully saturated rings. The molecule has 1 aromatic heterocycles. The molecule has 0 saturated carbocycles. The van der Waals surface area contributed by atoms with Crippen LogP contribution >= 0.6 is 15.9 Å². The van der Waals surface area contributed by atoms with Crippen molar-refractivity contribution in [3.05, 3.63) is 123 Å². The quantitative estimate of drug-likeness (QED) is 0.101. The Morgan fingerprint density at radius 1 is 1.00 bits per heavy atom. The second-order valence-electron chi connectivity index (χ2n) is 8.72. The van der Waals surface area contributed by atoms with E-state index < -0.39 is 11.9 Å². The minimum Gasteiger partial charge on any atom is -0.422 e. The van der Waals surface area contributed by atoms with Gasteiger partial charge in [0.1, 0.15) is 17.5 Å². The monoisotopic (exact) mass is 576 g/mol. The lowest BCUT2D eigenvalue weighted by Crippen LogP contribution is -2.19. The zero-order valence-electron chi connectivity index (χ0n) is 20.7. The number of ether oxygens (including phenoxy) is 1. The number of H-pyrrole nitrogens is 1. The molecule has 190 valence electrons. The average Bonchev–Trinajstić information content (AvgIpc) is 3.35. The van der Waals surface area contributed by atoms with Crippen molar-refractivity contribution < 1.29 is 14.3 Å². The number of halogens is 1. The fraction of sp³-hybridized carbons (Fsp3) is 0.0323. The van der Waals surface area contributed by atoms with Crippen molar-refractivity contribution in [3.63, 3.8) is 0 Å². The third kappa shape index (κ3) is 5.49. The number of hydrogen-bond acceptors (Lipinski definition) is 5. The molecule has 0 saturated heterocycles. The molecule has 0 aliphatic rings. The second kappa shape index (κ2) is 11.2. The Bertz CT molecular complexity index is 1790. The van der Waals surface area contributed by atoms with E-state index in [1.165, 1.54) is 6.21 Å². The SMILES string of the molecule is Cc1cccc(C(=O)Oc2ccc(Br)cc2C=NNC(=O)c2[nH]c3c(C#N)cccc3c2-c2ccccc2)c1. The molecular weight excluding hydrogens is 556 g/mol. The number of amides is 1. The topological polar surface area (TPSA) is 107 Å². The number of hydrogen-bond donors (Lipinski definition) is 2. The molecule has 8 heteroatoms. The molecule has 0 unspecified atom stereocenters. The molecule has 39 heavy (non-hydrogen) atoms. The lowest BCUT2D eigenvalue weighted by Gasteiger charge is -2.09. The number of fused-ring (bicyclic) bond motifs is 1. The highest BCUT2D eigenvalue weighted by Crippen LogP contribution is 2.34. The molecule has 0 aliphatic carbocycles. The summed E-state index contributed by atoms with van der Waals surface area (Å²) in [5, 5.41) is 14.5. The third-order valence-electron chi connectivity index (χ3n) is 6.04.